The highest BCUT2D eigenvalue weighted by atomic mass is 32.2. The molecule has 0 aromatic heterocycles. The molecule has 0 atom stereocenters. The molecule has 228 valence electrons. The van der Waals surface area contributed by atoms with Crippen molar-refractivity contribution in [1.29, 1.82) is 0 Å². The normalized spacial score (nSPS) is 11.0. The average molecular weight is 613 g/mol. The van der Waals surface area contributed by atoms with E-state index in [2.05, 4.69) is 6.58 Å². The molecule has 0 fully saturated rings. The van der Waals surface area contributed by atoms with E-state index in [1.165, 1.54) is 12.7 Å². The van der Waals surface area contributed by atoms with Crippen molar-refractivity contribution in [3.63, 3.8) is 0 Å². The molecule has 0 radical (unpaired) electrons. The summed E-state index contributed by atoms with van der Waals surface area (Å²) < 4.78 is 16.1. The van der Waals surface area contributed by atoms with Crippen molar-refractivity contribution in [2.24, 2.45) is 0 Å². The third-order valence-electron chi connectivity index (χ3n) is 7.05. The first-order chi connectivity index (χ1) is 20.3. The molecule has 0 aliphatic heterocycles. The molecule has 0 spiro atoms. The maximum absolute atomic E-state index is 10.8. The molecular weight excluding hydrogens is 569 g/mol. The third kappa shape index (κ3) is 9.46. The number of methoxy groups -OCH3 is 3. The van der Waals surface area contributed by atoms with Crippen molar-refractivity contribution in [2.75, 3.05) is 44.3 Å². The van der Waals surface area contributed by atoms with Gasteiger partial charge in [-0.15, -0.1) is 6.58 Å². The summed E-state index contributed by atoms with van der Waals surface area (Å²) in [6.45, 7) is 5.71. The predicted molar refractivity (Wildman–Crippen MR) is 177 cm³/mol. The summed E-state index contributed by atoms with van der Waals surface area (Å²) in [6.07, 6.45) is 6.80. The highest BCUT2D eigenvalue weighted by Crippen LogP contribution is 2.38. The van der Waals surface area contributed by atoms with Gasteiger partial charge in [-0.3, -0.25) is 0 Å². The van der Waals surface area contributed by atoms with Gasteiger partial charge in [0.05, 0.1) is 21.3 Å². The average Bonchev–Trinajstić information content (AvgIpc) is 2.98. The maximum Gasteiger partial charge on any atom is 0.161 e. The highest BCUT2D eigenvalue weighted by Gasteiger charge is 2.16. The molecule has 0 saturated heterocycles. The fourth-order valence-corrected chi connectivity index (χ4v) is 6.92. The summed E-state index contributed by atoms with van der Waals surface area (Å²) in [4.78, 5) is 0. The van der Waals surface area contributed by atoms with Gasteiger partial charge in [-0.1, -0.05) is 24.3 Å². The van der Waals surface area contributed by atoms with Crippen LogP contribution in [0.15, 0.2) is 49.1 Å². The van der Waals surface area contributed by atoms with Crippen LogP contribution in [-0.4, -0.2) is 59.7 Å². The number of ether oxygens (including phenoxy) is 3. The number of allylic oxidation sites excluding steroid dienone is 1. The number of thioether (sulfide) groups is 2. The Morgan fingerprint density at radius 2 is 1.10 bits per heavy atom. The van der Waals surface area contributed by atoms with Gasteiger partial charge in [0.2, 0.25) is 0 Å². The van der Waals surface area contributed by atoms with Crippen LogP contribution in [0.5, 0.6) is 34.5 Å². The van der Waals surface area contributed by atoms with Crippen LogP contribution in [0.3, 0.4) is 0 Å². The Hall–Kier alpha value is -3.10. The van der Waals surface area contributed by atoms with Crippen LogP contribution in [-0.2, 0) is 25.7 Å². The summed E-state index contributed by atoms with van der Waals surface area (Å²) in [7, 11) is 4.68. The lowest BCUT2D eigenvalue weighted by atomic mass is 9.96. The smallest absolute Gasteiger partial charge is 0.161 e. The third-order valence-corrected chi connectivity index (χ3v) is 9.45. The summed E-state index contributed by atoms with van der Waals surface area (Å²) in [6, 6.07) is 11.6. The molecular formula is C34H44O6S2. The molecule has 3 aromatic rings. The predicted octanol–water partition coefficient (Wildman–Crippen LogP) is 7.49. The zero-order chi connectivity index (χ0) is 30.5. The highest BCUT2D eigenvalue weighted by molar-refractivity contribution is 8.02. The Kier molecular flexibility index (Phi) is 13.6. The van der Waals surface area contributed by atoms with Gasteiger partial charge in [-0.2, -0.15) is 23.5 Å². The van der Waals surface area contributed by atoms with Crippen LogP contribution >= 0.6 is 23.5 Å². The summed E-state index contributed by atoms with van der Waals surface area (Å²) in [5, 5.41) is 31.6. The molecule has 42 heavy (non-hydrogen) atoms. The van der Waals surface area contributed by atoms with Crippen LogP contribution < -0.4 is 14.2 Å². The van der Waals surface area contributed by atoms with E-state index in [0.717, 1.165) is 65.4 Å². The van der Waals surface area contributed by atoms with Crippen LogP contribution in [0.25, 0.3) is 0 Å². The standard InChI is InChI=1S/C34H44O6S2/c1-6-9-24-17-27(33(36)30(19-24)39-4)22-28-18-26(21-31(40-5)34(28)37)11-8-13-42-15-14-41-12-7-10-25-16-23(2)32(35)29(20-25)38-3/h6,16-21,35-37H,1,7-15,22H2,2-5H3. The van der Waals surface area contributed by atoms with E-state index in [-0.39, 0.29) is 17.2 Å². The minimum absolute atomic E-state index is 0.0824. The number of hydrogen-bond donors (Lipinski definition) is 3. The van der Waals surface area contributed by atoms with Crippen molar-refractivity contribution in [3.8, 4) is 34.5 Å². The zero-order valence-corrected chi connectivity index (χ0v) is 26.8. The first-order valence-electron chi connectivity index (χ1n) is 14.2. The number of aromatic hydroxyl groups is 3. The van der Waals surface area contributed by atoms with Crippen LogP contribution in [0.4, 0.5) is 0 Å². The Morgan fingerprint density at radius 3 is 1.60 bits per heavy atom. The Labute approximate surface area is 259 Å². The molecule has 0 amide bonds. The minimum Gasteiger partial charge on any atom is -0.504 e. The first-order valence-corrected chi connectivity index (χ1v) is 16.5. The van der Waals surface area contributed by atoms with Crippen LogP contribution in [0.1, 0.15) is 46.2 Å². The Morgan fingerprint density at radius 1 is 0.643 bits per heavy atom. The van der Waals surface area contributed by atoms with Crippen molar-refractivity contribution in [3.05, 3.63) is 82.4 Å². The number of benzene rings is 3. The summed E-state index contributed by atoms with van der Waals surface area (Å²) >= 11 is 3.95. The first kappa shape index (κ1) is 33.4. The van der Waals surface area contributed by atoms with E-state index in [0.29, 0.717) is 41.2 Å². The number of phenols is 3. The van der Waals surface area contributed by atoms with Crippen LogP contribution in [0.2, 0.25) is 0 Å². The van der Waals surface area contributed by atoms with E-state index >= 15 is 0 Å². The second kappa shape index (κ2) is 17.1. The second-order valence-electron chi connectivity index (χ2n) is 10.2. The van der Waals surface area contributed by atoms with Gasteiger partial charge >= 0.3 is 0 Å². The van der Waals surface area contributed by atoms with Gasteiger partial charge in [-0.25, -0.2) is 0 Å². The van der Waals surface area contributed by atoms with Gasteiger partial charge in [0, 0.05) is 29.1 Å². The molecule has 0 bridgehead atoms. The number of rotatable bonds is 18. The van der Waals surface area contributed by atoms with Gasteiger partial charge in [0.15, 0.2) is 34.5 Å². The topological polar surface area (TPSA) is 88.4 Å². The molecule has 0 aliphatic rings. The molecule has 0 aliphatic carbocycles. The number of hydrogen-bond acceptors (Lipinski definition) is 8. The molecule has 6 nitrogen and oxygen atoms in total. The largest absolute Gasteiger partial charge is 0.504 e. The zero-order valence-electron chi connectivity index (χ0n) is 25.2. The van der Waals surface area contributed by atoms with Gasteiger partial charge in [-0.05, 0) is 91.0 Å². The van der Waals surface area contributed by atoms with Crippen molar-refractivity contribution in [2.45, 2.75) is 45.4 Å². The monoisotopic (exact) mass is 612 g/mol. The van der Waals surface area contributed by atoms with E-state index in [1.807, 2.05) is 72.9 Å². The maximum atomic E-state index is 10.8. The quantitative estimate of drug-likeness (QED) is 0.101. The molecule has 3 aromatic carbocycles. The Bertz CT molecular complexity index is 1320. The Balaban J connectivity index is 1.44. The molecule has 0 heterocycles. The van der Waals surface area contributed by atoms with E-state index in [1.54, 1.807) is 14.2 Å². The second-order valence-corrected chi connectivity index (χ2v) is 12.6. The molecule has 0 unspecified atom stereocenters. The number of aryl methyl sites for hydroxylation is 3. The van der Waals surface area contributed by atoms with Crippen molar-refractivity contribution >= 4 is 23.5 Å². The molecule has 3 rings (SSSR count). The van der Waals surface area contributed by atoms with E-state index in [9.17, 15) is 15.3 Å². The van der Waals surface area contributed by atoms with E-state index in [4.69, 9.17) is 14.2 Å². The summed E-state index contributed by atoms with van der Waals surface area (Å²) in [5.41, 5.74) is 5.53. The van der Waals surface area contributed by atoms with Gasteiger partial charge < -0.3 is 29.5 Å². The van der Waals surface area contributed by atoms with Gasteiger partial charge in [0.1, 0.15) is 0 Å². The molecule has 0 saturated carbocycles. The van der Waals surface area contributed by atoms with Gasteiger partial charge in [0.25, 0.3) is 0 Å². The summed E-state index contributed by atoms with van der Waals surface area (Å²) in [5.74, 6) is 6.22. The lowest BCUT2D eigenvalue weighted by Gasteiger charge is -2.15. The lowest BCUT2D eigenvalue weighted by molar-refractivity contribution is 0.367. The fourth-order valence-electron chi connectivity index (χ4n) is 4.87. The van der Waals surface area contributed by atoms with E-state index < -0.39 is 0 Å². The molecule has 8 heteroatoms. The fraction of sp³-hybridized carbons (Fsp3) is 0.412. The number of phenolic OH excluding ortho intramolecular Hbond substituents is 3. The van der Waals surface area contributed by atoms with Crippen molar-refractivity contribution in [1.82, 2.24) is 0 Å². The van der Waals surface area contributed by atoms with Crippen LogP contribution in [0, 0.1) is 6.92 Å². The molecule has 3 N–H and O–H groups in total. The van der Waals surface area contributed by atoms with Crippen molar-refractivity contribution < 1.29 is 29.5 Å². The SMILES string of the molecule is C=CCc1cc(Cc2cc(CCCSCCSCCCc3cc(C)c(O)c(OC)c3)cc(OC)c2O)c(O)c(OC)c1. The lowest BCUT2D eigenvalue weighted by Crippen LogP contribution is -1.99. The minimum atomic E-state index is 0.0824.